The van der Waals surface area contributed by atoms with Gasteiger partial charge in [-0.1, -0.05) is 0 Å². The van der Waals surface area contributed by atoms with Crippen molar-refractivity contribution in [3.8, 4) is 0 Å². The van der Waals surface area contributed by atoms with Crippen molar-refractivity contribution in [2.45, 2.75) is 31.4 Å². The fraction of sp³-hybridized carbons (Fsp3) is 0.667. The van der Waals surface area contributed by atoms with Crippen LogP contribution in [0, 0.1) is 0 Å². The molecule has 0 bridgehead atoms. The van der Waals surface area contributed by atoms with E-state index in [4.69, 9.17) is 15.6 Å². The van der Waals surface area contributed by atoms with E-state index in [-0.39, 0.29) is 0 Å². The molecule has 7 nitrogen and oxygen atoms in total. The molecule has 0 aliphatic carbocycles. The lowest BCUT2D eigenvalue weighted by atomic mass is 10.1. The SMILES string of the molecule is NC(=O)CC(NC(=O)[C@H]1CCCO1)C(=O)O. The van der Waals surface area contributed by atoms with Gasteiger partial charge in [0.05, 0.1) is 6.42 Å². The first-order valence-corrected chi connectivity index (χ1v) is 4.94. The predicted octanol–water partition coefficient (Wildman–Crippen LogP) is -1.39. The number of aliphatic carboxylic acids is 1. The lowest BCUT2D eigenvalue weighted by molar-refractivity contribution is -0.144. The minimum Gasteiger partial charge on any atom is -0.480 e. The quantitative estimate of drug-likeness (QED) is 0.537. The topological polar surface area (TPSA) is 119 Å². The second-order valence-corrected chi connectivity index (χ2v) is 3.57. The molecule has 2 atom stereocenters. The molecular formula is C9H14N2O5. The molecular weight excluding hydrogens is 216 g/mol. The minimum atomic E-state index is -1.29. The summed E-state index contributed by atoms with van der Waals surface area (Å²) in [5.74, 6) is -2.57. The van der Waals surface area contributed by atoms with E-state index in [1.54, 1.807) is 0 Å². The van der Waals surface area contributed by atoms with Crippen molar-refractivity contribution in [1.82, 2.24) is 5.32 Å². The van der Waals surface area contributed by atoms with Gasteiger partial charge in [0.15, 0.2) is 0 Å². The van der Waals surface area contributed by atoms with Crippen LogP contribution in [0.2, 0.25) is 0 Å². The second kappa shape index (κ2) is 5.45. The molecule has 2 amide bonds. The van der Waals surface area contributed by atoms with E-state index in [0.717, 1.165) is 6.42 Å². The Bertz CT molecular complexity index is 298. The van der Waals surface area contributed by atoms with Crippen molar-refractivity contribution >= 4 is 17.8 Å². The van der Waals surface area contributed by atoms with Crippen molar-refractivity contribution in [2.75, 3.05) is 6.61 Å². The molecule has 7 heteroatoms. The van der Waals surface area contributed by atoms with Gasteiger partial charge in [-0.15, -0.1) is 0 Å². The monoisotopic (exact) mass is 230 g/mol. The first-order chi connectivity index (χ1) is 7.50. The highest BCUT2D eigenvalue weighted by Crippen LogP contribution is 2.12. The van der Waals surface area contributed by atoms with Crippen molar-refractivity contribution in [2.24, 2.45) is 5.73 Å². The number of amides is 2. The standard InChI is InChI=1S/C9H14N2O5/c10-7(12)4-5(9(14)15)11-8(13)6-2-1-3-16-6/h5-6H,1-4H2,(H2,10,12)(H,11,13)(H,14,15)/t5?,6-/m1/s1. The number of hydrogen-bond acceptors (Lipinski definition) is 4. The molecule has 90 valence electrons. The normalized spacial score (nSPS) is 21.4. The van der Waals surface area contributed by atoms with Gasteiger partial charge in [0, 0.05) is 6.61 Å². The van der Waals surface area contributed by atoms with Crippen LogP contribution in [-0.2, 0) is 19.1 Å². The Kier molecular flexibility index (Phi) is 4.24. The molecule has 1 aliphatic rings. The van der Waals surface area contributed by atoms with Gasteiger partial charge < -0.3 is 20.9 Å². The average molecular weight is 230 g/mol. The molecule has 0 saturated carbocycles. The Morgan fingerprint density at radius 2 is 2.19 bits per heavy atom. The summed E-state index contributed by atoms with van der Waals surface area (Å²) in [6, 6.07) is -1.28. The maximum atomic E-state index is 11.5. The average Bonchev–Trinajstić information content (AvgIpc) is 2.68. The van der Waals surface area contributed by atoms with Crippen LogP contribution in [0.3, 0.4) is 0 Å². The van der Waals surface area contributed by atoms with Crippen LogP contribution in [0.4, 0.5) is 0 Å². The van der Waals surface area contributed by atoms with E-state index in [1.807, 2.05) is 0 Å². The first-order valence-electron chi connectivity index (χ1n) is 4.94. The number of nitrogens with two attached hydrogens (primary N) is 1. The Morgan fingerprint density at radius 1 is 1.50 bits per heavy atom. The van der Waals surface area contributed by atoms with E-state index in [1.165, 1.54) is 0 Å². The maximum Gasteiger partial charge on any atom is 0.326 e. The third-order valence-corrected chi connectivity index (χ3v) is 2.24. The lowest BCUT2D eigenvalue weighted by Gasteiger charge is -2.15. The molecule has 1 aliphatic heterocycles. The van der Waals surface area contributed by atoms with E-state index in [9.17, 15) is 14.4 Å². The zero-order chi connectivity index (χ0) is 12.1. The van der Waals surface area contributed by atoms with Crippen LogP contribution in [0.5, 0.6) is 0 Å². The van der Waals surface area contributed by atoms with Gasteiger partial charge in [-0.25, -0.2) is 4.79 Å². The summed E-state index contributed by atoms with van der Waals surface area (Å²) in [6.45, 7) is 0.492. The predicted molar refractivity (Wildman–Crippen MR) is 52.4 cm³/mol. The molecule has 0 aromatic heterocycles. The molecule has 0 aromatic carbocycles. The highest BCUT2D eigenvalue weighted by Gasteiger charge is 2.28. The van der Waals surface area contributed by atoms with E-state index < -0.39 is 36.4 Å². The first kappa shape index (κ1) is 12.4. The Labute approximate surface area is 91.9 Å². The van der Waals surface area contributed by atoms with E-state index in [2.05, 4.69) is 5.32 Å². The molecule has 1 fully saturated rings. The number of nitrogens with one attached hydrogen (secondary N) is 1. The molecule has 16 heavy (non-hydrogen) atoms. The highest BCUT2D eigenvalue weighted by atomic mass is 16.5. The minimum absolute atomic E-state index is 0.423. The number of rotatable bonds is 5. The van der Waals surface area contributed by atoms with Crippen molar-refractivity contribution < 1.29 is 24.2 Å². The van der Waals surface area contributed by atoms with Crippen LogP contribution in [0.15, 0.2) is 0 Å². The smallest absolute Gasteiger partial charge is 0.326 e. The van der Waals surface area contributed by atoms with Gasteiger partial charge in [0.1, 0.15) is 12.1 Å². The number of carboxylic acids is 1. The number of hydrogen-bond donors (Lipinski definition) is 3. The number of carbonyl (C=O) groups excluding carboxylic acids is 2. The number of carboxylic acid groups (broad SMARTS) is 1. The summed E-state index contributed by atoms with van der Waals surface area (Å²) in [5.41, 5.74) is 4.88. The summed E-state index contributed by atoms with van der Waals surface area (Å²) < 4.78 is 5.08. The van der Waals surface area contributed by atoms with E-state index in [0.29, 0.717) is 13.0 Å². The van der Waals surface area contributed by atoms with Crippen molar-refractivity contribution in [1.29, 1.82) is 0 Å². The Morgan fingerprint density at radius 3 is 2.62 bits per heavy atom. The van der Waals surface area contributed by atoms with Gasteiger partial charge in [-0.2, -0.15) is 0 Å². The van der Waals surface area contributed by atoms with Crippen LogP contribution in [-0.4, -0.2) is 41.6 Å². The van der Waals surface area contributed by atoms with Crippen LogP contribution >= 0.6 is 0 Å². The van der Waals surface area contributed by atoms with Gasteiger partial charge in [0.25, 0.3) is 0 Å². The lowest BCUT2D eigenvalue weighted by Crippen LogP contribution is -2.47. The van der Waals surface area contributed by atoms with E-state index >= 15 is 0 Å². The molecule has 1 saturated heterocycles. The molecule has 0 spiro atoms. The van der Waals surface area contributed by atoms with Crippen LogP contribution in [0.25, 0.3) is 0 Å². The fourth-order valence-corrected chi connectivity index (χ4v) is 1.45. The third-order valence-electron chi connectivity index (χ3n) is 2.24. The van der Waals surface area contributed by atoms with Gasteiger partial charge in [-0.3, -0.25) is 9.59 Å². The third kappa shape index (κ3) is 3.50. The van der Waals surface area contributed by atoms with Crippen molar-refractivity contribution in [3.63, 3.8) is 0 Å². The zero-order valence-corrected chi connectivity index (χ0v) is 8.64. The van der Waals surface area contributed by atoms with Gasteiger partial charge in [0.2, 0.25) is 11.8 Å². The fourth-order valence-electron chi connectivity index (χ4n) is 1.45. The molecule has 4 N–H and O–H groups in total. The van der Waals surface area contributed by atoms with Gasteiger partial charge in [-0.05, 0) is 12.8 Å². The maximum absolute atomic E-state index is 11.5. The molecule has 0 aromatic rings. The Hall–Kier alpha value is -1.63. The number of carbonyl (C=O) groups is 3. The number of ether oxygens (including phenoxy) is 1. The summed E-state index contributed by atoms with van der Waals surface area (Å²) in [4.78, 5) is 32.8. The highest BCUT2D eigenvalue weighted by molar-refractivity contribution is 5.89. The molecule has 0 radical (unpaired) electrons. The Balaban J connectivity index is 2.50. The largest absolute Gasteiger partial charge is 0.480 e. The number of primary amides is 1. The molecule has 1 heterocycles. The summed E-state index contributed by atoms with van der Waals surface area (Å²) in [5, 5.41) is 11.0. The van der Waals surface area contributed by atoms with Crippen LogP contribution in [0.1, 0.15) is 19.3 Å². The molecule has 1 unspecified atom stereocenters. The summed E-state index contributed by atoms with van der Waals surface area (Å²) >= 11 is 0. The summed E-state index contributed by atoms with van der Waals surface area (Å²) in [7, 11) is 0. The van der Waals surface area contributed by atoms with Gasteiger partial charge >= 0.3 is 5.97 Å². The zero-order valence-electron chi connectivity index (χ0n) is 8.64. The molecule has 1 rings (SSSR count). The van der Waals surface area contributed by atoms with Crippen LogP contribution < -0.4 is 11.1 Å². The summed E-state index contributed by atoms with van der Waals surface area (Å²) in [6.07, 6.45) is 0.295. The second-order valence-electron chi connectivity index (χ2n) is 3.57. The van der Waals surface area contributed by atoms with Crippen molar-refractivity contribution in [3.05, 3.63) is 0 Å².